The Morgan fingerprint density at radius 1 is 1.38 bits per heavy atom. The molecule has 0 aromatic heterocycles. The molecule has 2 fully saturated rings. The summed E-state index contributed by atoms with van der Waals surface area (Å²) in [5, 5.41) is 0. The van der Waals surface area contributed by atoms with E-state index in [0.717, 1.165) is 12.6 Å². The summed E-state index contributed by atoms with van der Waals surface area (Å²) in [5.74, 6) is 0. The maximum atomic E-state index is 5.81. The average molecular weight is 183 g/mol. The summed E-state index contributed by atoms with van der Waals surface area (Å²) in [6.07, 6.45) is 2.80. The van der Waals surface area contributed by atoms with Crippen molar-refractivity contribution in [2.45, 2.75) is 31.8 Å². The summed E-state index contributed by atoms with van der Waals surface area (Å²) in [6, 6.07) is 1.17. The number of fused-ring (bicyclic) bond motifs is 1. The number of nitrogens with zero attached hydrogens (tertiary/aromatic N) is 2. The lowest BCUT2D eigenvalue weighted by atomic mass is 10.1. The lowest BCUT2D eigenvalue weighted by Gasteiger charge is -2.38. The highest BCUT2D eigenvalue weighted by Gasteiger charge is 2.30. The topological polar surface area (TPSA) is 32.5 Å². The van der Waals surface area contributed by atoms with Gasteiger partial charge >= 0.3 is 0 Å². The highest BCUT2D eigenvalue weighted by atomic mass is 15.3. The van der Waals surface area contributed by atoms with E-state index in [9.17, 15) is 0 Å². The molecule has 0 bridgehead atoms. The van der Waals surface area contributed by atoms with Crippen LogP contribution < -0.4 is 5.73 Å². The van der Waals surface area contributed by atoms with Gasteiger partial charge in [0, 0.05) is 38.3 Å². The third-order valence-corrected chi connectivity index (χ3v) is 3.22. The van der Waals surface area contributed by atoms with E-state index in [2.05, 4.69) is 16.7 Å². The van der Waals surface area contributed by atoms with Crippen LogP contribution in [0.1, 0.15) is 19.8 Å². The molecule has 3 nitrogen and oxygen atoms in total. The van der Waals surface area contributed by atoms with Gasteiger partial charge < -0.3 is 5.73 Å². The van der Waals surface area contributed by atoms with E-state index in [0.29, 0.717) is 6.04 Å². The Morgan fingerprint density at radius 3 is 3.00 bits per heavy atom. The van der Waals surface area contributed by atoms with Crippen LogP contribution in [0.25, 0.3) is 0 Å². The highest BCUT2D eigenvalue weighted by Crippen LogP contribution is 2.21. The van der Waals surface area contributed by atoms with Crippen molar-refractivity contribution in [2.75, 3.05) is 32.7 Å². The molecule has 0 aromatic rings. The standard InChI is InChI=1S/C10H21N3/c1-9(11)7-12-5-6-13-4-2-3-10(13)8-12/h9-10H,2-8,11H2,1H3/t9-,10-/m1/s1. The van der Waals surface area contributed by atoms with Gasteiger partial charge in [0.2, 0.25) is 0 Å². The minimum atomic E-state index is 0.327. The molecule has 3 heteroatoms. The number of nitrogens with two attached hydrogens (primary N) is 1. The van der Waals surface area contributed by atoms with Gasteiger partial charge in [0.15, 0.2) is 0 Å². The molecule has 2 aliphatic rings. The first-order valence-electron chi connectivity index (χ1n) is 5.47. The van der Waals surface area contributed by atoms with Crippen LogP contribution in [-0.4, -0.2) is 54.6 Å². The van der Waals surface area contributed by atoms with Crippen molar-refractivity contribution in [3.8, 4) is 0 Å². The SMILES string of the molecule is C[C@@H](N)CN1CCN2CCC[C@@H]2C1. The van der Waals surface area contributed by atoms with Crippen molar-refractivity contribution in [2.24, 2.45) is 5.73 Å². The molecule has 2 heterocycles. The zero-order valence-corrected chi connectivity index (χ0v) is 8.58. The van der Waals surface area contributed by atoms with Crippen molar-refractivity contribution in [3.63, 3.8) is 0 Å². The van der Waals surface area contributed by atoms with Crippen LogP contribution in [0.5, 0.6) is 0 Å². The zero-order valence-electron chi connectivity index (χ0n) is 8.58. The van der Waals surface area contributed by atoms with Crippen molar-refractivity contribution in [1.82, 2.24) is 9.80 Å². The van der Waals surface area contributed by atoms with Gasteiger partial charge in [-0.05, 0) is 26.3 Å². The fourth-order valence-corrected chi connectivity index (χ4v) is 2.63. The lowest BCUT2D eigenvalue weighted by molar-refractivity contribution is 0.101. The molecule has 2 aliphatic heterocycles. The summed E-state index contributed by atoms with van der Waals surface area (Å²) in [5.41, 5.74) is 5.81. The van der Waals surface area contributed by atoms with Crippen LogP contribution in [0, 0.1) is 0 Å². The second kappa shape index (κ2) is 3.95. The number of hydrogen-bond donors (Lipinski definition) is 1. The Hall–Kier alpha value is -0.120. The average Bonchev–Trinajstić information content (AvgIpc) is 2.49. The summed E-state index contributed by atoms with van der Waals surface area (Å²) >= 11 is 0. The molecule has 13 heavy (non-hydrogen) atoms. The third kappa shape index (κ3) is 2.22. The van der Waals surface area contributed by atoms with E-state index in [1.54, 1.807) is 0 Å². The normalized spacial score (nSPS) is 33.2. The number of hydrogen-bond acceptors (Lipinski definition) is 3. The first-order chi connectivity index (χ1) is 6.25. The second-order valence-corrected chi connectivity index (χ2v) is 4.57. The van der Waals surface area contributed by atoms with Gasteiger partial charge in [-0.1, -0.05) is 0 Å². The van der Waals surface area contributed by atoms with Crippen LogP contribution in [0.15, 0.2) is 0 Å². The predicted molar refractivity (Wildman–Crippen MR) is 54.7 cm³/mol. The maximum absolute atomic E-state index is 5.81. The van der Waals surface area contributed by atoms with Crippen LogP contribution in [0.4, 0.5) is 0 Å². The van der Waals surface area contributed by atoms with Crippen LogP contribution in [0.3, 0.4) is 0 Å². The minimum Gasteiger partial charge on any atom is -0.327 e. The van der Waals surface area contributed by atoms with Crippen molar-refractivity contribution in [3.05, 3.63) is 0 Å². The molecular weight excluding hydrogens is 162 g/mol. The molecule has 0 aliphatic carbocycles. The van der Waals surface area contributed by atoms with Crippen LogP contribution in [0.2, 0.25) is 0 Å². The van der Waals surface area contributed by atoms with Crippen molar-refractivity contribution >= 4 is 0 Å². The van der Waals surface area contributed by atoms with E-state index in [4.69, 9.17) is 5.73 Å². The van der Waals surface area contributed by atoms with Gasteiger partial charge in [0.1, 0.15) is 0 Å². The first kappa shape index (κ1) is 9.44. The largest absolute Gasteiger partial charge is 0.327 e. The zero-order chi connectivity index (χ0) is 9.26. The van der Waals surface area contributed by atoms with E-state index in [1.807, 2.05) is 0 Å². The number of rotatable bonds is 2. The Balaban J connectivity index is 1.83. The van der Waals surface area contributed by atoms with E-state index < -0.39 is 0 Å². The van der Waals surface area contributed by atoms with E-state index in [1.165, 1.54) is 39.0 Å². The quantitative estimate of drug-likeness (QED) is 0.660. The number of piperazine rings is 1. The minimum absolute atomic E-state index is 0.327. The predicted octanol–water partition coefficient (Wildman–Crippen LogP) is 0.114. The van der Waals surface area contributed by atoms with Crippen molar-refractivity contribution < 1.29 is 0 Å². The maximum Gasteiger partial charge on any atom is 0.0224 e. The Bertz CT molecular complexity index is 170. The van der Waals surface area contributed by atoms with Gasteiger partial charge in [-0.2, -0.15) is 0 Å². The molecule has 0 saturated carbocycles. The van der Waals surface area contributed by atoms with Crippen molar-refractivity contribution in [1.29, 1.82) is 0 Å². The Labute approximate surface area is 80.9 Å². The van der Waals surface area contributed by atoms with Crippen LogP contribution in [-0.2, 0) is 0 Å². The Morgan fingerprint density at radius 2 is 2.23 bits per heavy atom. The molecule has 0 spiro atoms. The molecule has 0 aromatic carbocycles. The van der Waals surface area contributed by atoms with Crippen LogP contribution >= 0.6 is 0 Å². The summed E-state index contributed by atoms with van der Waals surface area (Å²) in [6.45, 7) is 8.24. The first-order valence-corrected chi connectivity index (χ1v) is 5.47. The molecule has 0 amide bonds. The fraction of sp³-hybridized carbons (Fsp3) is 1.00. The van der Waals surface area contributed by atoms with Gasteiger partial charge in [-0.15, -0.1) is 0 Å². The molecule has 0 unspecified atom stereocenters. The van der Waals surface area contributed by atoms with Gasteiger partial charge in [-0.3, -0.25) is 9.80 Å². The van der Waals surface area contributed by atoms with E-state index in [-0.39, 0.29) is 0 Å². The second-order valence-electron chi connectivity index (χ2n) is 4.57. The molecular formula is C10H21N3. The van der Waals surface area contributed by atoms with E-state index >= 15 is 0 Å². The molecule has 76 valence electrons. The highest BCUT2D eigenvalue weighted by molar-refractivity contribution is 4.87. The molecule has 2 rings (SSSR count). The molecule has 2 N–H and O–H groups in total. The lowest BCUT2D eigenvalue weighted by Crippen LogP contribution is -2.52. The van der Waals surface area contributed by atoms with Gasteiger partial charge in [-0.25, -0.2) is 0 Å². The summed E-state index contributed by atoms with van der Waals surface area (Å²) < 4.78 is 0. The smallest absolute Gasteiger partial charge is 0.0224 e. The monoisotopic (exact) mass is 183 g/mol. The van der Waals surface area contributed by atoms with Gasteiger partial charge in [0.25, 0.3) is 0 Å². The molecule has 2 atom stereocenters. The summed E-state index contributed by atoms with van der Waals surface area (Å²) in [7, 11) is 0. The Kier molecular flexibility index (Phi) is 2.86. The summed E-state index contributed by atoms with van der Waals surface area (Å²) in [4.78, 5) is 5.16. The fourth-order valence-electron chi connectivity index (χ4n) is 2.63. The molecule has 2 saturated heterocycles. The third-order valence-electron chi connectivity index (χ3n) is 3.22. The van der Waals surface area contributed by atoms with Gasteiger partial charge in [0.05, 0.1) is 0 Å². The molecule has 0 radical (unpaired) electrons.